The average Bonchev–Trinajstić information content (AvgIpc) is 2.46. The number of hydrogen-bond donors (Lipinski definition) is 2. The van der Waals surface area contributed by atoms with Gasteiger partial charge in [0.25, 0.3) is 10.1 Å². The summed E-state index contributed by atoms with van der Waals surface area (Å²) in [6.07, 6.45) is 17.4. The van der Waals surface area contributed by atoms with E-state index in [1.165, 1.54) is 70.6 Å². The van der Waals surface area contributed by atoms with E-state index in [0.717, 1.165) is 19.3 Å². The molecule has 0 rings (SSSR count). The van der Waals surface area contributed by atoms with Crippen molar-refractivity contribution < 1.29 is 20.9 Å². The molecular weight excluding hydrogens is 352 g/mol. The maximum absolute atomic E-state index is 10.6. The van der Waals surface area contributed by atoms with Crippen molar-refractivity contribution in [2.24, 2.45) is 0 Å². The first-order valence-electron chi connectivity index (χ1n) is 9.59. The van der Waals surface area contributed by atoms with Gasteiger partial charge in [0.1, 0.15) is 5.75 Å². The summed E-state index contributed by atoms with van der Waals surface area (Å²) in [6.45, 7) is 2.25. The third kappa shape index (κ3) is 23.1. The van der Waals surface area contributed by atoms with Crippen molar-refractivity contribution in [3.63, 3.8) is 0 Å². The molecule has 0 saturated heterocycles. The van der Waals surface area contributed by atoms with Crippen molar-refractivity contribution in [3.8, 4) is 0 Å². The van der Waals surface area contributed by atoms with E-state index >= 15 is 0 Å². The normalized spacial score (nSPS) is 12.8. The fourth-order valence-electron chi connectivity index (χ4n) is 2.90. The van der Waals surface area contributed by atoms with Gasteiger partial charge in [0.15, 0.2) is 0 Å². The minimum Gasteiger partial charge on any atom is -1.00 e. The minimum atomic E-state index is -4.04. The second kappa shape index (κ2) is 18.9. The first-order chi connectivity index (χ1) is 11.0. The van der Waals surface area contributed by atoms with Crippen LogP contribution in [0.2, 0.25) is 0 Å². The summed E-state index contributed by atoms with van der Waals surface area (Å²) < 4.78 is 29.8. The minimum absolute atomic E-state index is 0. The molecule has 0 saturated carbocycles. The Balaban J connectivity index is -0.000000807. The second-order valence-corrected chi connectivity index (χ2v) is 8.28. The van der Waals surface area contributed by atoms with E-state index in [-0.39, 0.29) is 40.6 Å². The van der Waals surface area contributed by atoms with Crippen LogP contribution in [0.1, 0.15) is 106 Å². The van der Waals surface area contributed by atoms with Crippen molar-refractivity contribution >= 4 is 47.9 Å². The summed E-state index contributed by atoms with van der Waals surface area (Å²) in [5.41, 5.74) is 0. The first-order valence-corrected chi connectivity index (χ1v) is 11.2. The molecule has 0 aromatic rings. The summed E-state index contributed by atoms with van der Waals surface area (Å²) in [5.74, 6) is -0.536. The van der Waals surface area contributed by atoms with Gasteiger partial charge in [-0.05, 0) is 6.42 Å². The van der Waals surface area contributed by atoms with Crippen molar-refractivity contribution in [3.05, 3.63) is 0 Å². The molecule has 6 heteroatoms. The second-order valence-electron chi connectivity index (χ2n) is 6.79. The van der Waals surface area contributed by atoms with Crippen LogP contribution < -0.4 is 0 Å². The predicted octanol–water partition coefficient (Wildman–Crippen LogP) is 4.95. The zero-order valence-electron chi connectivity index (χ0n) is 17.7. The van der Waals surface area contributed by atoms with Gasteiger partial charge in [-0.25, -0.2) is 0 Å². The van der Waals surface area contributed by atoms with Gasteiger partial charge in [-0.2, -0.15) is 8.42 Å². The molecule has 2 N–H and O–H groups in total. The van der Waals surface area contributed by atoms with Crippen molar-refractivity contribution in [1.82, 2.24) is 0 Å². The van der Waals surface area contributed by atoms with Gasteiger partial charge < -0.3 is 7.96 Å². The smallest absolute Gasteiger partial charge is 1.00 e. The largest absolute Gasteiger partial charge is 2.00 e. The van der Waals surface area contributed by atoms with Gasteiger partial charge in [-0.15, -0.1) is 0 Å². The van der Waals surface area contributed by atoms with E-state index in [1.807, 2.05) is 0 Å². The molecule has 24 heavy (non-hydrogen) atoms. The monoisotopic (exact) mass is 392 g/mol. The van der Waals surface area contributed by atoms with Gasteiger partial charge in [0.05, 0.1) is 6.10 Å². The quantitative estimate of drug-likeness (QED) is 0.209. The Bertz CT molecular complexity index is 357. The van der Waals surface area contributed by atoms with Gasteiger partial charge in [0.2, 0.25) is 0 Å². The van der Waals surface area contributed by atoms with Crippen LogP contribution in [0.5, 0.6) is 0 Å². The van der Waals surface area contributed by atoms with Crippen LogP contribution in [0.25, 0.3) is 0 Å². The van der Waals surface area contributed by atoms with Gasteiger partial charge >= 0.3 is 37.7 Å². The van der Waals surface area contributed by atoms with Gasteiger partial charge in [-0.1, -0.05) is 96.8 Å². The molecule has 0 aliphatic carbocycles. The number of aliphatic hydroxyl groups excluding tert-OH is 1. The molecule has 4 nitrogen and oxygen atoms in total. The van der Waals surface area contributed by atoms with Crippen LogP contribution in [0, 0.1) is 0 Å². The molecule has 0 heterocycles. The Morgan fingerprint density at radius 1 is 0.750 bits per heavy atom. The van der Waals surface area contributed by atoms with E-state index < -0.39 is 22.0 Å². The summed E-state index contributed by atoms with van der Waals surface area (Å²) in [6, 6.07) is 0. The summed E-state index contributed by atoms with van der Waals surface area (Å²) >= 11 is 0. The molecule has 0 spiro atoms. The third-order valence-corrected chi connectivity index (χ3v) is 5.10. The topological polar surface area (TPSA) is 74.6 Å². The standard InChI is InChI=1S/C18H38O4S.Ca.2H/c1-2-3-4-5-6-7-8-9-10-11-12-13-14-15-16-18(19)17-23(20,21)22;;;/h18-19H,2-17H2,1H3,(H,20,21,22);;;/q;+2;2*-1. The van der Waals surface area contributed by atoms with E-state index in [2.05, 4.69) is 6.92 Å². The maximum atomic E-state index is 10.6. The Morgan fingerprint density at radius 3 is 1.42 bits per heavy atom. The van der Waals surface area contributed by atoms with E-state index in [1.54, 1.807) is 0 Å². The Hall–Kier alpha value is 1.13. The molecule has 0 fully saturated rings. The molecule has 0 bridgehead atoms. The van der Waals surface area contributed by atoms with Crippen LogP contribution in [0.4, 0.5) is 0 Å². The van der Waals surface area contributed by atoms with Crippen molar-refractivity contribution in [1.29, 1.82) is 0 Å². The van der Waals surface area contributed by atoms with Crippen molar-refractivity contribution in [2.45, 2.75) is 109 Å². The van der Waals surface area contributed by atoms with Crippen LogP contribution >= 0.6 is 0 Å². The molecule has 0 radical (unpaired) electrons. The predicted molar refractivity (Wildman–Crippen MR) is 105 cm³/mol. The molecule has 1 atom stereocenters. The van der Waals surface area contributed by atoms with E-state index in [0.29, 0.717) is 6.42 Å². The summed E-state index contributed by atoms with van der Waals surface area (Å²) in [7, 11) is -4.04. The van der Waals surface area contributed by atoms with Crippen LogP contribution in [0.3, 0.4) is 0 Å². The molecule has 0 aliphatic rings. The van der Waals surface area contributed by atoms with Gasteiger partial charge in [-0.3, -0.25) is 4.55 Å². The molecule has 144 valence electrons. The van der Waals surface area contributed by atoms with E-state index in [9.17, 15) is 13.5 Å². The molecule has 0 amide bonds. The van der Waals surface area contributed by atoms with Crippen molar-refractivity contribution in [2.75, 3.05) is 5.75 Å². The molecule has 1 unspecified atom stereocenters. The molecule has 0 aliphatic heterocycles. The zero-order chi connectivity index (χ0) is 17.4. The number of unbranched alkanes of at least 4 members (excludes halogenated alkanes) is 13. The first kappa shape index (κ1) is 27.3. The Morgan fingerprint density at radius 2 is 1.08 bits per heavy atom. The number of rotatable bonds is 17. The third-order valence-electron chi connectivity index (χ3n) is 4.29. The molecule has 0 aromatic carbocycles. The number of aliphatic hydroxyl groups is 1. The maximum Gasteiger partial charge on any atom is 2.00 e. The van der Waals surface area contributed by atoms with Crippen LogP contribution in [0.15, 0.2) is 0 Å². The Kier molecular flexibility index (Phi) is 21.5. The molecule has 0 aromatic heterocycles. The fourth-order valence-corrected chi connectivity index (χ4v) is 3.55. The summed E-state index contributed by atoms with van der Waals surface area (Å²) in [4.78, 5) is 0. The molecular formula is C18H40CaO4S. The SMILES string of the molecule is CCCCCCCCCCCCCCCCC(O)CS(=O)(=O)O.[Ca+2].[H-].[H-]. The zero-order valence-corrected chi connectivity index (χ0v) is 18.7. The van der Waals surface area contributed by atoms with E-state index in [4.69, 9.17) is 4.55 Å². The van der Waals surface area contributed by atoms with Crippen LogP contribution in [-0.2, 0) is 10.1 Å². The Labute approximate surface area is 182 Å². The van der Waals surface area contributed by atoms with Crippen LogP contribution in [-0.4, -0.2) is 67.7 Å². The fraction of sp³-hybridized carbons (Fsp3) is 1.00. The average molecular weight is 393 g/mol. The summed E-state index contributed by atoms with van der Waals surface area (Å²) in [5, 5.41) is 9.44. The number of hydrogen-bond acceptors (Lipinski definition) is 3. The van der Waals surface area contributed by atoms with Gasteiger partial charge in [0, 0.05) is 0 Å².